The van der Waals surface area contributed by atoms with Crippen molar-refractivity contribution in [3.05, 3.63) is 64.2 Å². The summed E-state index contributed by atoms with van der Waals surface area (Å²) in [4.78, 5) is 36.0. The van der Waals surface area contributed by atoms with Gasteiger partial charge >= 0.3 is 0 Å². The van der Waals surface area contributed by atoms with E-state index in [4.69, 9.17) is 0 Å². The Balaban J connectivity index is 1.76. The third-order valence-corrected chi connectivity index (χ3v) is 3.86. The molecule has 1 unspecified atom stereocenters. The Morgan fingerprint density at radius 1 is 1.08 bits per heavy atom. The van der Waals surface area contributed by atoms with Crippen molar-refractivity contribution >= 4 is 28.9 Å². The molecule has 122 valence electrons. The molecule has 0 spiro atoms. The highest BCUT2D eigenvalue weighted by Crippen LogP contribution is 2.25. The first-order chi connectivity index (χ1) is 11.5. The van der Waals surface area contributed by atoms with Crippen molar-refractivity contribution in [3.63, 3.8) is 0 Å². The molecule has 1 saturated heterocycles. The van der Waals surface area contributed by atoms with Gasteiger partial charge in [-0.05, 0) is 31.2 Å². The van der Waals surface area contributed by atoms with Crippen LogP contribution in [-0.4, -0.2) is 22.8 Å². The molecule has 7 heteroatoms. The summed E-state index contributed by atoms with van der Waals surface area (Å²) in [5, 5.41) is 13.6. The molecule has 0 radical (unpaired) electrons. The summed E-state index contributed by atoms with van der Waals surface area (Å²) in [6, 6.07) is 12.2. The number of rotatable bonds is 4. The molecule has 1 aliphatic rings. The minimum Gasteiger partial charge on any atom is -0.373 e. The number of nitrogens with one attached hydrogen (secondary N) is 1. The van der Waals surface area contributed by atoms with E-state index in [1.807, 2.05) is 19.1 Å². The Kier molecular flexibility index (Phi) is 3.99. The molecule has 1 fully saturated rings. The third kappa shape index (κ3) is 2.96. The number of aryl methyl sites for hydroxylation is 1. The minimum absolute atomic E-state index is 0.0318. The number of anilines is 2. The maximum absolute atomic E-state index is 12.5. The molecular weight excluding hydrogens is 310 g/mol. The lowest BCUT2D eigenvalue weighted by Gasteiger charge is -2.16. The lowest BCUT2D eigenvalue weighted by Crippen LogP contribution is -2.34. The molecule has 7 nitrogen and oxygen atoms in total. The van der Waals surface area contributed by atoms with Crippen molar-refractivity contribution in [3.8, 4) is 0 Å². The number of imide groups is 1. The van der Waals surface area contributed by atoms with Crippen molar-refractivity contribution < 1.29 is 14.5 Å². The molecule has 3 rings (SSSR count). The van der Waals surface area contributed by atoms with Crippen LogP contribution in [0.1, 0.15) is 12.0 Å². The zero-order valence-electron chi connectivity index (χ0n) is 12.9. The summed E-state index contributed by atoms with van der Waals surface area (Å²) in [6.07, 6.45) is 0.0453. The zero-order valence-corrected chi connectivity index (χ0v) is 12.9. The maximum Gasteiger partial charge on any atom is 0.269 e. The van der Waals surface area contributed by atoms with E-state index in [9.17, 15) is 19.7 Å². The van der Waals surface area contributed by atoms with E-state index in [1.165, 1.54) is 29.2 Å². The Hall–Kier alpha value is -3.22. The van der Waals surface area contributed by atoms with Crippen LogP contribution in [0.5, 0.6) is 0 Å². The Bertz CT molecular complexity index is 800. The van der Waals surface area contributed by atoms with Gasteiger partial charge in [-0.15, -0.1) is 0 Å². The number of hydrogen-bond donors (Lipinski definition) is 1. The first-order valence-corrected chi connectivity index (χ1v) is 7.40. The van der Waals surface area contributed by atoms with Crippen LogP contribution in [0.4, 0.5) is 17.1 Å². The minimum atomic E-state index is -0.680. The fraction of sp³-hybridized carbons (Fsp3) is 0.176. The van der Waals surface area contributed by atoms with E-state index in [2.05, 4.69) is 5.32 Å². The number of hydrogen-bond acceptors (Lipinski definition) is 5. The van der Waals surface area contributed by atoms with Crippen LogP contribution in [0.3, 0.4) is 0 Å². The predicted octanol–water partition coefficient (Wildman–Crippen LogP) is 2.65. The van der Waals surface area contributed by atoms with Crippen molar-refractivity contribution in [1.29, 1.82) is 0 Å². The normalized spacial score (nSPS) is 17.2. The van der Waals surface area contributed by atoms with Gasteiger partial charge in [-0.2, -0.15) is 0 Å². The zero-order chi connectivity index (χ0) is 17.3. The standard InChI is InChI=1S/C17H15N3O4/c1-11-2-6-13(7-3-11)19-16(21)10-15(17(19)22)18-12-4-8-14(9-5-12)20(23)24/h2-9,15,18H,10H2,1H3. The number of carbonyl (C=O) groups is 2. The monoisotopic (exact) mass is 325 g/mol. The van der Waals surface area contributed by atoms with E-state index < -0.39 is 11.0 Å². The molecule has 2 amide bonds. The molecule has 0 aromatic heterocycles. The predicted molar refractivity (Wildman–Crippen MR) is 88.8 cm³/mol. The number of nitro groups is 1. The quantitative estimate of drug-likeness (QED) is 0.530. The highest BCUT2D eigenvalue weighted by molar-refractivity contribution is 6.23. The highest BCUT2D eigenvalue weighted by atomic mass is 16.6. The highest BCUT2D eigenvalue weighted by Gasteiger charge is 2.39. The lowest BCUT2D eigenvalue weighted by atomic mass is 10.2. The molecular formula is C17H15N3O4. The van der Waals surface area contributed by atoms with Gasteiger partial charge in [0.25, 0.3) is 11.6 Å². The maximum atomic E-state index is 12.5. The smallest absolute Gasteiger partial charge is 0.269 e. The number of non-ortho nitro benzene ring substituents is 1. The second-order valence-electron chi connectivity index (χ2n) is 5.61. The Morgan fingerprint density at radius 3 is 2.29 bits per heavy atom. The van der Waals surface area contributed by atoms with Gasteiger partial charge in [0.15, 0.2) is 0 Å². The van der Waals surface area contributed by atoms with Gasteiger partial charge in [0.2, 0.25) is 5.91 Å². The Morgan fingerprint density at radius 2 is 1.71 bits per heavy atom. The molecule has 1 aliphatic heterocycles. The van der Waals surface area contributed by atoms with Crippen molar-refractivity contribution in [2.24, 2.45) is 0 Å². The molecule has 1 atom stereocenters. The van der Waals surface area contributed by atoms with Gasteiger partial charge in [0.05, 0.1) is 17.0 Å². The van der Waals surface area contributed by atoms with Crippen molar-refractivity contribution in [2.45, 2.75) is 19.4 Å². The third-order valence-electron chi connectivity index (χ3n) is 3.86. The Labute approximate surface area is 138 Å². The molecule has 1 heterocycles. The van der Waals surface area contributed by atoms with E-state index >= 15 is 0 Å². The molecule has 0 aliphatic carbocycles. The summed E-state index contributed by atoms with van der Waals surface area (Å²) < 4.78 is 0. The second kappa shape index (κ2) is 6.11. The number of benzene rings is 2. The molecule has 2 aromatic rings. The van der Waals surface area contributed by atoms with E-state index in [-0.39, 0.29) is 23.9 Å². The van der Waals surface area contributed by atoms with Gasteiger partial charge < -0.3 is 5.32 Å². The number of carbonyl (C=O) groups excluding carboxylic acids is 2. The summed E-state index contributed by atoms with van der Waals surface area (Å²) in [5.41, 5.74) is 2.11. The molecule has 2 aromatic carbocycles. The number of amides is 2. The molecule has 24 heavy (non-hydrogen) atoms. The van der Waals surface area contributed by atoms with E-state index in [1.54, 1.807) is 12.1 Å². The van der Waals surface area contributed by atoms with E-state index in [0.29, 0.717) is 11.4 Å². The second-order valence-corrected chi connectivity index (χ2v) is 5.61. The SMILES string of the molecule is Cc1ccc(N2C(=O)CC(Nc3ccc([N+](=O)[O-])cc3)C2=O)cc1. The summed E-state index contributed by atoms with van der Waals surface area (Å²) >= 11 is 0. The molecule has 0 saturated carbocycles. The van der Waals surface area contributed by atoms with Gasteiger partial charge in [0, 0.05) is 17.8 Å². The van der Waals surface area contributed by atoms with Crippen LogP contribution in [0.15, 0.2) is 48.5 Å². The van der Waals surface area contributed by atoms with Gasteiger partial charge in [-0.1, -0.05) is 17.7 Å². The van der Waals surface area contributed by atoms with Crippen LogP contribution in [0, 0.1) is 17.0 Å². The topological polar surface area (TPSA) is 92.6 Å². The van der Waals surface area contributed by atoms with Gasteiger partial charge in [0.1, 0.15) is 6.04 Å². The van der Waals surface area contributed by atoms with Crippen molar-refractivity contribution in [2.75, 3.05) is 10.2 Å². The lowest BCUT2D eigenvalue weighted by molar-refractivity contribution is -0.384. The fourth-order valence-corrected chi connectivity index (χ4v) is 2.59. The summed E-state index contributed by atoms with van der Waals surface area (Å²) in [6.45, 7) is 1.93. The van der Waals surface area contributed by atoms with Crippen LogP contribution in [0.25, 0.3) is 0 Å². The summed E-state index contributed by atoms with van der Waals surface area (Å²) in [7, 11) is 0. The summed E-state index contributed by atoms with van der Waals surface area (Å²) in [5.74, 6) is -0.606. The van der Waals surface area contributed by atoms with Gasteiger partial charge in [-0.3, -0.25) is 19.7 Å². The van der Waals surface area contributed by atoms with Crippen LogP contribution < -0.4 is 10.2 Å². The van der Waals surface area contributed by atoms with Crippen LogP contribution in [-0.2, 0) is 9.59 Å². The average molecular weight is 325 g/mol. The first kappa shape index (κ1) is 15.7. The van der Waals surface area contributed by atoms with Crippen molar-refractivity contribution in [1.82, 2.24) is 0 Å². The fourth-order valence-electron chi connectivity index (χ4n) is 2.59. The average Bonchev–Trinajstić information content (AvgIpc) is 2.83. The first-order valence-electron chi connectivity index (χ1n) is 7.40. The number of nitro benzene ring substituents is 1. The largest absolute Gasteiger partial charge is 0.373 e. The number of nitrogens with zero attached hydrogens (tertiary/aromatic N) is 2. The van der Waals surface area contributed by atoms with Gasteiger partial charge in [-0.25, -0.2) is 4.90 Å². The van der Waals surface area contributed by atoms with Crippen LogP contribution >= 0.6 is 0 Å². The molecule has 0 bridgehead atoms. The van der Waals surface area contributed by atoms with E-state index in [0.717, 1.165) is 5.56 Å². The van der Waals surface area contributed by atoms with Crippen LogP contribution in [0.2, 0.25) is 0 Å². The molecule has 1 N–H and O–H groups in total.